The van der Waals surface area contributed by atoms with Crippen molar-refractivity contribution >= 4 is 40.2 Å². The van der Waals surface area contributed by atoms with Crippen LogP contribution in [-0.4, -0.2) is 52.1 Å². The van der Waals surface area contributed by atoms with E-state index >= 15 is 0 Å². The van der Waals surface area contributed by atoms with Crippen molar-refractivity contribution in [2.24, 2.45) is 5.92 Å². The lowest BCUT2D eigenvalue weighted by molar-refractivity contribution is -0.135. The Bertz CT molecular complexity index is 1290. The van der Waals surface area contributed by atoms with Gasteiger partial charge in [-0.3, -0.25) is 24.7 Å². The van der Waals surface area contributed by atoms with E-state index in [9.17, 15) is 9.59 Å². The summed E-state index contributed by atoms with van der Waals surface area (Å²) in [5.41, 5.74) is 2.76. The van der Waals surface area contributed by atoms with Crippen LogP contribution in [0.1, 0.15) is 25.3 Å². The zero-order chi connectivity index (χ0) is 25.1. The number of likely N-dealkylation sites (tertiary alicyclic amines) is 1. The van der Waals surface area contributed by atoms with Crippen LogP contribution in [0.25, 0.3) is 15.7 Å². The smallest absolute Gasteiger partial charge is 0.300 e. The average molecular weight is 504 g/mol. The van der Waals surface area contributed by atoms with Gasteiger partial charge in [0.25, 0.3) is 0 Å². The van der Waals surface area contributed by atoms with E-state index in [1.807, 2.05) is 55.6 Å². The predicted octanol–water partition coefficient (Wildman–Crippen LogP) is 4.61. The predicted molar refractivity (Wildman–Crippen MR) is 142 cm³/mol. The van der Waals surface area contributed by atoms with Crippen LogP contribution in [0.4, 0.5) is 5.69 Å². The lowest BCUT2D eigenvalue weighted by Gasteiger charge is -2.20. The van der Waals surface area contributed by atoms with Gasteiger partial charge in [0.05, 0.1) is 6.04 Å². The first-order chi connectivity index (χ1) is 17.5. The van der Waals surface area contributed by atoms with Crippen LogP contribution in [0.15, 0.2) is 48.7 Å². The number of H-pyrrole nitrogens is 1. The minimum atomic E-state index is -0.319. The first kappa shape index (κ1) is 24.2. The number of nitrogens with one attached hydrogen (secondary N) is 3. The monoisotopic (exact) mass is 503 g/mol. The van der Waals surface area contributed by atoms with E-state index in [0.717, 1.165) is 46.6 Å². The van der Waals surface area contributed by atoms with E-state index in [1.165, 1.54) is 0 Å². The Morgan fingerprint density at radius 2 is 2.06 bits per heavy atom. The normalized spacial score (nSPS) is 20.3. The molecule has 2 aromatic carbocycles. The van der Waals surface area contributed by atoms with E-state index in [-0.39, 0.29) is 29.9 Å². The van der Waals surface area contributed by atoms with Crippen LogP contribution in [0.2, 0.25) is 0 Å². The number of aromatic nitrogens is 1. The van der Waals surface area contributed by atoms with Gasteiger partial charge in [-0.1, -0.05) is 6.92 Å². The van der Waals surface area contributed by atoms with Crippen LogP contribution in [0.3, 0.4) is 0 Å². The molecule has 2 fully saturated rings. The molecule has 186 valence electrons. The molecule has 3 heterocycles. The number of aromatic amines is 1. The van der Waals surface area contributed by atoms with E-state index in [0.29, 0.717) is 24.5 Å². The highest BCUT2D eigenvalue weighted by Crippen LogP contribution is 2.30. The van der Waals surface area contributed by atoms with Crippen LogP contribution >= 0.6 is 11.8 Å². The molecule has 0 radical (unpaired) electrons. The Kier molecular flexibility index (Phi) is 7.16. The number of hydrogen-bond donors (Lipinski definition) is 3. The molecular formula is C27H29N5O3S. The maximum absolute atomic E-state index is 13.0. The van der Waals surface area contributed by atoms with Gasteiger partial charge in [0, 0.05) is 53.3 Å². The number of anilines is 1. The summed E-state index contributed by atoms with van der Waals surface area (Å²) >= 11 is 1.71. The number of fused-ring (bicyclic) bond motifs is 1. The van der Waals surface area contributed by atoms with Crippen LogP contribution in [0.5, 0.6) is 11.5 Å². The Labute approximate surface area is 214 Å². The molecule has 8 nitrogen and oxygen atoms in total. The van der Waals surface area contributed by atoms with Gasteiger partial charge in [-0.15, -0.1) is 11.8 Å². The van der Waals surface area contributed by atoms with E-state index < -0.39 is 0 Å². The topological polar surface area (TPSA) is 90.8 Å². The summed E-state index contributed by atoms with van der Waals surface area (Å²) in [6, 6.07) is 13.0. The van der Waals surface area contributed by atoms with Crippen molar-refractivity contribution in [3.05, 3.63) is 65.6 Å². The molecule has 1 unspecified atom stereocenters. The first-order valence-electron chi connectivity index (χ1n) is 12.2. The van der Waals surface area contributed by atoms with E-state index in [4.69, 9.17) is 11.3 Å². The van der Waals surface area contributed by atoms with Gasteiger partial charge in [0.2, 0.25) is 11.8 Å². The molecule has 9 heteroatoms. The molecule has 3 aromatic rings. The van der Waals surface area contributed by atoms with Gasteiger partial charge >= 0.3 is 6.17 Å². The zero-order valence-corrected chi connectivity index (χ0v) is 20.9. The van der Waals surface area contributed by atoms with E-state index in [1.54, 1.807) is 16.7 Å². The Hall–Kier alpha value is -3.48. The molecule has 2 aliphatic rings. The summed E-state index contributed by atoms with van der Waals surface area (Å²) in [6.45, 7) is 9.95. The number of hydrogen-bond acceptors (Lipinski definition) is 5. The Balaban J connectivity index is 1.24. The van der Waals surface area contributed by atoms with Crippen molar-refractivity contribution in [2.75, 3.05) is 23.5 Å². The lowest BCUT2D eigenvalue weighted by Crippen LogP contribution is -2.38. The fourth-order valence-corrected chi connectivity index (χ4v) is 5.71. The first-order valence-corrected chi connectivity index (χ1v) is 13.3. The molecular weight excluding hydrogens is 474 g/mol. The Morgan fingerprint density at radius 3 is 2.81 bits per heavy atom. The number of benzene rings is 2. The van der Waals surface area contributed by atoms with Crippen LogP contribution in [-0.2, 0) is 16.0 Å². The molecule has 0 aliphatic carbocycles. The molecule has 5 rings (SSSR count). The van der Waals surface area contributed by atoms with Gasteiger partial charge in [-0.25, -0.2) is 6.57 Å². The summed E-state index contributed by atoms with van der Waals surface area (Å²) in [7, 11) is 0. The third-order valence-electron chi connectivity index (χ3n) is 6.73. The summed E-state index contributed by atoms with van der Waals surface area (Å²) in [5, 5.41) is 7.12. The van der Waals surface area contributed by atoms with Gasteiger partial charge < -0.3 is 15.0 Å². The van der Waals surface area contributed by atoms with Crippen molar-refractivity contribution in [3.8, 4) is 11.5 Å². The highest BCUT2D eigenvalue weighted by Gasteiger charge is 2.35. The quantitative estimate of drug-likeness (QED) is 0.410. The molecule has 2 aliphatic heterocycles. The van der Waals surface area contributed by atoms with Crippen molar-refractivity contribution < 1.29 is 14.3 Å². The van der Waals surface area contributed by atoms with Crippen LogP contribution < -0.4 is 15.4 Å². The summed E-state index contributed by atoms with van der Waals surface area (Å²) in [5.74, 6) is 2.75. The van der Waals surface area contributed by atoms with E-state index in [2.05, 4.69) is 20.5 Å². The molecule has 0 bridgehead atoms. The molecule has 0 spiro atoms. The maximum atomic E-state index is 13.0. The second kappa shape index (κ2) is 10.6. The second-order valence-electron chi connectivity index (χ2n) is 9.30. The molecule has 0 saturated carbocycles. The third kappa shape index (κ3) is 5.20. The molecule has 3 N–H and O–H groups in total. The standard InChI is InChI=1S/C27H29N5O3S/c1-17(27(34)32-11-3-4-25(32)28-2)12-18-14-29-23-10-9-21(13-22(18)23)35-20-7-5-19(6-8-20)31-26(33)24-15-36-16-30-24/h5-10,13-14,17,24-25,29-30H,3-4,11-12,15-16H2,1H3,(H,31,33)/t17-,24?,25-/m0/s1. The van der Waals surface area contributed by atoms with Gasteiger partial charge in [-0.2, -0.15) is 0 Å². The maximum Gasteiger partial charge on any atom is 0.300 e. The van der Waals surface area contributed by atoms with Gasteiger partial charge in [0.15, 0.2) is 0 Å². The zero-order valence-electron chi connectivity index (χ0n) is 20.1. The average Bonchev–Trinajstić information content (AvgIpc) is 3.66. The largest absolute Gasteiger partial charge is 0.457 e. The molecule has 2 saturated heterocycles. The van der Waals surface area contributed by atoms with Crippen molar-refractivity contribution in [3.63, 3.8) is 0 Å². The summed E-state index contributed by atoms with van der Waals surface area (Å²) < 4.78 is 6.08. The van der Waals surface area contributed by atoms with Crippen LogP contribution in [0, 0.1) is 12.5 Å². The second-order valence-corrected chi connectivity index (χ2v) is 10.3. The highest BCUT2D eigenvalue weighted by atomic mass is 32.2. The summed E-state index contributed by atoms with van der Waals surface area (Å²) in [4.78, 5) is 33.9. The number of carbonyl (C=O) groups excluding carboxylic acids is 2. The lowest BCUT2D eigenvalue weighted by atomic mass is 9.99. The number of ether oxygens (including phenoxy) is 1. The minimum Gasteiger partial charge on any atom is -0.457 e. The molecule has 3 atom stereocenters. The highest BCUT2D eigenvalue weighted by molar-refractivity contribution is 7.99. The number of thioether (sulfide) groups is 1. The number of carbonyl (C=O) groups is 2. The number of rotatable bonds is 7. The summed E-state index contributed by atoms with van der Waals surface area (Å²) in [6.07, 6.45) is 3.88. The fourth-order valence-electron chi connectivity index (χ4n) is 4.77. The number of amides is 2. The minimum absolute atomic E-state index is 0.0267. The van der Waals surface area contributed by atoms with Gasteiger partial charge in [0.1, 0.15) is 11.5 Å². The SMILES string of the molecule is [C-]#[N+][C@@H]1CCCN1C(=O)[C@@H](C)Cc1c[nH]c2ccc(Oc3ccc(NC(=O)C4CSCN4)cc3)cc12. The Morgan fingerprint density at radius 1 is 1.25 bits per heavy atom. The van der Waals surface area contributed by atoms with Gasteiger partial charge in [-0.05, 0) is 60.9 Å². The van der Waals surface area contributed by atoms with Crippen molar-refractivity contribution in [1.29, 1.82) is 0 Å². The van der Waals surface area contributed by atoms with Crippen molar-refractivity contribution in [2.45, 2.75) is 38.4 Å². The molecule has 36 heavy (non-hydrogen) atoms. The molecule has 1 aromatic heterocycles. The molecule has 2 amide bonds. The fraction of sp³-hybridized carbons (Fsp3) is 0.370. The van der Waals surface area contributed by atoms with Crippen molar-refractivity contribution in [1.82, 2.24) is 15.2 Å². The number of nitrogens with zero attached hydrogens (tertiary/aromatic N) is 2. The third-order valence-corrected chi connectivity index (χ3v) is 7.67.